The Bertz CT molecular complexity index is 1350. The minimum Gasteiger partial charge on any atom is -0.494 e. The van der Waals surface area contributed by atoms with Crippen LogP contribution in [-0.2, 0) is 9.53 Å². The fourth-order valence-corrected chi connectivity index (χ4v) is 5.73. The van der Waals surface area contributed by atoms with Crippen LogP contribution in [0.15, 0.2) is 62.8 Å². The molecule has 0 saturated carbocycles. The van der Waals surface area contributed by atoms with Crippen LogP contribution in [0, 0.1) is 0 Å². The van der Waals surface area contributed by atoms with Crippen molar-refractivity contribution in [2.24, 2.45) is 4.99 Å². The number of aromatic nitrogens is 1. The number of ether oxygens (including phenoxy) is 2. The van der Waals surface area contributed by atoms with Crippen molar-refractivity contribution in [1.82, 2.24) is 4.57 Å². The molecule has 3 aromatic rings. The number of unbranched alkanes of at least 4 members (excludes halogenated alkanes) is 2. The molecule has 0 unspecified atom stereocenters. The average Bonchev–Trinajstić information content (AvgIpc) is 3.46. The fraction of sp³-hybridized carbons (Fsp3) is 0.346. The zero-order chi connectivity index (χ0) is 24.1. The third-order valence-electron chi connectivity index (χ3n) is 5.52. The van der Waals surface area contributed by atoms with E-state index in [0.29, 0.717) is 27.2 Å². The quantitative estimate of drug-likeness (QED) is 0.325. The van der Waals surface area contributed by atoms with Crippen LogP contribution < -0.4 is 19.6 Å². The van der Waals surface area contributed by atoms with E-state index >= 15 is 0 Å². The van der Waals surface area contributed by atoms with E-state index in [1.807, 2.05) is 47.9 Å². The monoisotopic (exact) mass is 496 g/mol. The van der Waals surface area contributed by atoms with Gasteiger partial charge in [0.05, 0.1) is 29.0 Å². The summed E-state index contributed by atoms with van der Waals surface area (Å²) < 4.78 is 13.3. The van der Waals surface area contributed by atoms with Crippen LogP contribution in [0.25, 0.3) is 6.08 Å². The van der Waals surface area contributed by atoms with Crippen molar-refractivity contribution in [1.29, 1.82) is 0 Å². The van der Waals surface area contributed by atoms with Crippen LogP contribution >= 0.6 is 22.7 Å². The van der Waals surface area contributed by atoms with Gasteiger partial charge in [0.25, 0.3) is 5.56 Å². The molecule has 1 aromatic carbocycles. The van der Waals surface area contributed by atoms with Gasteiger partial charge in [0.2, 0.25) is 0 Å². The number of nitrogens with zero attached hydrogens (tertiary/aromatic N) is 2. The smallest absolute Gasteiger partial charge is 0.338 e. The van der Waals surface area contributed by atoms with Crippen molar-refractivity contribution < 1.29 is 14.3 Å². The minimum atomic E-state index is -0.545. The molecule has 0 saturated heterocycles. The molecule has 34 heavy (non-hydrogen) atoms. The number of thiophene rings is 1. The van der Waals surface area contributed by atoms with Crippen LogP contribution in [0.3, 0.4) is 0 Å². The Labute approximate surface area is 206 Å². The van der Waals surface area contributed by atoms with E-state index in [1.165, 1.54) is 22.7 Å². The van der Waals surface area contributed by atoms with Gasteiger partial charge in [-0.3, -0.25) is 9.36 Å². The first-order valence-electron chi connectivity index (χ1n) is 11.5. The largest absolute Gasteiger partial charge is 0.494 e. The highest BCUT2D eigenvalue weighted by Gasteiger charge is 2.33. The molecule has 0 spiro atoms. The van der Waals surface area contributed by atoms with E-state index in [2.05, 4.69) is 11.9 Å². The molecule has 0 bridgehead atoms. The van der Waals surface area contributed by atoms with E-state index in [1.54, 1.807) is 18.4 Å². The molecule has 6 nitrogen and oxygen atoms in total. The number of carbonyl (C=O) groups excluding carboxylic acids is 1. The first-order chi connectivity index (χ1) is 16.5. The second kappa shape index (κ2) is 11.0. The standard InChI is InChI=1S/C26H28N2O4S2/c1-4-6-7-14-32-19-12-10-18(11-13-19)16-21-24(29)28-23(20-9-8-15-33-20)22(25(30)31-5-2)17(3)27-26(28)34-21/h8-13,15-16,23H,4-7,14H2,1-3H3/b21-16+/t23-/m1/s1. The SMILES string of the molecule is CCCCCOc1ccc(/C=c2/sc3n(c2=O)[C@H](c2cccs2)C(C(=O)OCC)=C(C)N=3)cc1. The van der Waals surface area contributed by atoms with Gasteiger partial charge in [-0.2, -0.15) is 0 Å². The lowest BCUT2D eigenvalue weighted by Crippen LogP contribution is -2.39. The van der Waals surface area contributed by atoms with Crippen LogP contribution in [-0.4, -0.2) is 23.8 Å². The van der Waals surface area contributed by atoms with E-state index in [-0.39, 0.29) is 12.2 Å². The van der Waals surface area contributed by atoms with E-state index in [9.17, 15) is 9.59 Å². The third-order valence-corrected chi connectivity index (χ3v) is 7.43. The molecule has 0 radical (unpaired) electrons. The summed E-state index contributed by atoms with van der Waals surface area (Å²) >= 11 is 2.83. The second-order valence-electron chi connectivity index (χ2n) is 7.94. The lowest BCUT2D eigenvalue weighted by atomic mass is 10.0. The summed E-state index contributed by atoms with van der Waals surface area (Å²) in [5.74, 6) is 0.382. The summed E-state index contributed by atoms with van der Waals surface area (Å²) in [5.41, 5.74) is 1.72. The molecule has 0 amide bonds. The number of rotatable bonds is 9. The first kappa shape index (κ1) is 24.2. The van der Waals surface area contributed by atoms with Gasteiger partial charge in [-0.15, -0.1) is 11.3 Å². The normalized spacial score (nSPS) is 15.7. The van der Waals surface area contributed by atoms with Crippen LogP contribution in [0.5, 0.6) is 5.75 Å². The highest BCUT2D eigenvalue weighted by molar-refractivity contribution is 7.10. The van der Waals surface area contributed by atoms with Crippen molar-refractivity contribution in [2.75, 3.05) is 13.2 Å². The number of esters is 1. The maximum absolute atomic E-state index is 13.5. The molecule has 1 aliphatic rings. The van der Waals surface area contributed by atoms with E-state index in [4.69, 9.17) is 9.47 Å². The number of thiazole rings is 1. The maximum Gasteiger partial charge on any atom is 0.338 e. The summed E-state index contributed by atoms with van der Waals surface area (Å²) in [6.45, 7) is 6.70. The maximum atomic E-state index is 13.5. The summed E-state index contributed by atoms with van der Waals surface area (Å²) in [5, 5.41) is 1.94. The zero-order valence-corrected chi connectivity index (χ0v) is 21.2. The van der Waals surface area contributed by atoms with Crippen molar-refractivity contribution in [2.45, 2.75) is 46.1 Å². The Morgan fingerprint density at radius 3 is 2.65 bits per heavy atom. The number of hydrogen-bond donors (Lipinski definition) is 0. The van der Waals surface area contributed by atoms with Gasteiger partial charge in [0.15, 0.2) is 4.80 Å². The van der Waals surface area contributed by atoms with Crippen LogP contribution in [0.1, 0.15) is 56.5 Å². The van der Waals surface area contributed by atoms with Gasteiger partial charge in [0.1, 0.15) is 11.8 Å². The molecule has 0 aliphatic carbocycles. The van der Waals surface area contributed by atoms with Gasteiger partial charge in [-0.05, 0) is 55.5 Å². The number of fused-ring (bicyclic) bond motifs is 1. The fourth-order valence-electron chi connectivity index (χ4n) is 3.86. The molecular formula is C26H28N2O4S2. The predicted octanol–water partition coefficient (Wildman–Crippen LogP) is 4.43. The Morgan fingerprint density at radius 1 is 1.18 bits per heavy atom. The molecule has 2 aromatic heterocycles. The van der Waals surface area contributed by atoms with Gasteiger partial charge in [-0.1, -0.05) is 49.3 Å². The molecule has 0 fully saturated rings. The Balaban J connectivity index is 1.70. The van der Waals surface area contributed by atoms with Gasteiger partial charge in [-0.25, -0.2) is 9.79 Å². The van der Waals surface area contributed by atoms with Crippen molar-refractivity contribution in [3.63, 3.8) is 0 Å². The van der Waals surface area contributed by atoms with Crippen molar-refractivity contribution >= 4 is 34.7 Å². The average molecular weight is 497 g/mol. The molecule has 1 aliphatic heterocycles. The molecule has 4 rings (SSSR count). The van der Waals surface area contributed by atoms with E-state index in [0.717, 1.165) is 35.5 Å². The summed E-state index contributed by atoms with van der Waals surface area (Å²) in [6.07, 6.45) is 5.22. The molecule has 8 heteroatoms. The van der Waals surface area contributed by atoms with Crippen LogP contribution in [0.2, 0.25) is 0 Å². The Morgan fingerprint density at radius 2 is 1.97 bits per heavy atom. The number of allylic oxidation sites excluding steroid dienone is 1. The van der Waals surface area contributed by atoms with Crippen molar-refractivity contribution in [3.05, 3.63) is 83.2 Å². The lowest BCUT2D eigenvalue weighted by molar-refractivity contribution is -0.139. The number of carbonyl (C=O) groups is 1. The predicted molar refractivity (Wildman–Crippen MR) is 136 cm³/mol. The third kappa shape index (κ3) is 5.08. The Kier molecular flexibility index (Phi) is 7.80. The number of benzene rings is 1. The highest BCUT2D eigenvalue weighted by atomic mass is 32.1. The molecule has 3 heterocycles. The van der Waals surface area contributed by atoms with E-state index < -0.39 is 12.0 Å². The molecule has 0 N–H and O–H groups in total. The summed E-state index contributed by atoms with van der Waals surface area (Å²) in [6, 6.07) is 11.0. The highest BCUT2D eigenvalue weighted by Crippen LogP contribution is 2.33. The molecular weight excluding hydrogens is 468 g/mol. The summed E-state index contributed by atoms with van der Waals surface area (Å²) in [7, 11) is 0. The van der Waals surface area contributed by atoms with Crippen LogP contribution in [0.4, 0.5) is 0 Å². The minimum absolute atomic E-state index is 0.170. The molecule has 1 atom stereocenters. The topological polar surface area (TPSA) is 69.9 Å². The number of hydrogen-bond acceptors (Lipinski definition) is 7. The zero-order valence-electron chi connectivity index (χ0n) is 19.6. The lowest BCUT2D eigenvalue weighted by Gasteiger charge is -2.23. The second-order valence-corrected chi connectivity index (χ2v) is 9.93. The van der Waals surface area contributed by atoms with Crippen molar-refractivity contribution in [3.8, 4) is 5.75 Å². The van der Waals surface area contributed by atoms with Gasteiger partial charge >= 0.3 is 5.97 Å². The summed E-state index contributed by atoms with van der Waals surface area (Å²) in [4.78, 5) is 32.4. The van der Waals surface area contributed by atoms with Gasteiger partial charge < -0.3 is 9.47 Å². The van der Waals surface area contributed by atoms with Gasteiger partial charge in [0, 0.05) is 4.88 Å². The first-order valence-corrected chi connectivity index (χ1v) is 13.2. The Hall–Kier alpha value is -2.97. The molecule has 178 valence electrons.